The molecule has 4 heterocycles. The quantitative estimate of drug-likeness (QED) is 0.915. The van der Waals surface area contributed by atoms with E-state index in [0.29, 0.717) is 37.1 Å². The summed E-state index contributed by atoms with van der Waals surface area (Å²) in [5.41, 5.74) is 0. The van der Waals surface area contributed by atoms with Gasteiger partial charge in [0.25, 0.3) is 0 Å². The molecule has 2 fully saturated rings. The number of rotatable bonds is 4. The van der Waals surface area contributed by atoms with Crippen molar-refractivity contribution in [3.05, 3.63) is 34.1 Å². The molecule has 0 aliphatic carbocycles. The number of nitrogens with zero attached hydrogens (tertiary/aromatic N) is 3. The molecule has 1 amide bonds. The van der Waals surface area contributed by atoms with Crippen LogP contribution in [-0.4, -0.2) is 39.6 Å². The Morgan fingerprint density at radius 2 is 2.41 bits per heavy atom. The van der Waals surface area contributed by atoms with Gasteiger partial charge < -0.3 is 14.7 Å². The van der Waals surface area contributed by atoms with E-state index in [9.17, 15) is 4.79 Å². The van der Waals surface area contributed by atoms with Crippen molar-refractivity contribution >= 4 is 29.7 Å². The molecule has 0 spiro atoms. The molecule has 2 aliphatic heterocycles. The van der Waals surface area contributed by atoms with E-state index in [1.54, 1.807) is 11.3 Å². The Morgan fingerprint density at radius 3 is 3.23 bits per heavy atom. The number of carbonyl (C=O) groups excluding carboxylic acids is 1. The molecule has 0 unspecified atom stereocenters. The predicted octanol–water partition coefficient (Wildman–Crippen LogP) is 1.61. The highest BCUT2D eigenvalue weighted by atomic mass is 35.5. The van der Waals surface area contributed by atoms with Crippen LogP contribution in [0.5, 0.6) is 0 Å². The second-order valence-electron chi connectivity index (χ2n) is 5.50. The van der Waals surface area contributed by atoms with Crippen LogP contribution < -0.4 is 5.32 Å². The molecule has 6 nitrogen and oxygen atoms in total. The average Bonchev–Trinajstić information content (AvgIpc) is 3.19. The van der Waals surface area contributed by atoms with Crippen LogP contribution in [0.2, 0.25) is 0 Å². The van der Waals surface area contributed by atoms with E-state index in [0.717, 1.165) is 13.0 Å². The van der Waals surface area contributed by atoms with Gasteiger partial charge in [-0.1, -0.05) is 11.2 Å². The van der Waals surface area contributed by atoms with Gasteiger partial charge >= 0.3 is 0 Å². The van der Waals surface area contributed by atoms with Gasteiger partial charge in [-0.15, -0.1) is 23.7 Å². The lowest BCUT2D eigenvalue weighted by Gasteiger charge is -2.21. The SMILES string of the molecule is Cl.O=C1C[C@H]2NCC[C@H]2N1Cc1noc(Cc2cccs2)n1. The first-order valence-corrected chi connectivity index (χ1v) is 8.04. The number of fused-ring (bicyclic) bond motifs is 1. The second kappa shape index (κ2) is 6.36. The van der Waals surface area contributed by atoms with Crippen LogP contribution in [0.25, 0.3) is 0 Å². The summed E-state index contributed by atoms with van der Waals surface area (Å²) < 4.78 is 5.29. The third-order valence-electron chi connectivity index (χ3n) is 4.15. The van der Waals surface area contributed by atoms with Crippen LogP contribution in [-0.2, 0) is 17.8 Å². The third kappa shape index (κ3) is 2.88. The Labute approximate surface area is 138 Å². The van der Waals surface area contributed by atoms with Crippen LogP contribution in [0.15, 0.2) is 22.0 Å². The summed E-state index contributed by atoms with van der Waals surface area (Å²) >= 11 is 1.67. The van der Waals surface area contributed by atoms with Gasteiger partial charge in [0.15, 0.2) is 5.82 Å². The summed E-state index contributed by atoms with van der Waals surface area (Å²) in [6, 6.07) is 4.65. The fourth-order valence-corrected chi connectivity index (χ4v) is 3.87. The zero-order valence-electron chi connectivity index (χ0n) is 11.9. The zero-order valence-corrected chi connectivity index (χ0v) is 13.5. The van der Waals surface area contributed by atoms with Crippen molar-refractivity contribution < 1.29 is 9.32 Å². The number of aromatic nitrogens is 2. The van der Waals surface area contributed by atoms with Gasteiger partial charge in [-0.3, -0.25) is 4.79 Å². The maximum atomic E-state index is 12.1. The van der Waals surface area contributed by atoms with Crippen molar-refractivity contribution in [1.82, 2.24) is 20.4 Å². The Hall–Kier alpha value is -1.44. The first-order chi connectivity index (χ1) is 10.3. The first-order valence-electron chi connectivity index (χ1n) is 7.16. The number of nitrogens with one attached hydrogen (secondary N) is 1. The highest BCUT2D eigenvalue weighted by molar-refractivity contribution is 7.09. The number of hydrogen-bond acceptors (Lipinski definition) is 6. The number of amides is 1. The number of carbonyl (C=O) groups is 1. The van der Waals surface area contributed by atoms with E-state index >= 15 is 0 Å². The normalized spacial score (nSPS) is 23.6. The van der Waals surface area contributed by atoms with Crippen molar-refractivity contribution in [3.8, 4) is 0 Å². The molecule has 2 atom stereocenters. The van der Waals surface area contributed by atoms with Gasteiger partial charge in [-0.05, 0) is 24.4 Å². The summed E-state index contributed by atoms with van der Waals surface area (Å²) in [5, 5.41) is 9.42. The highest BCUT2D eigenvalue weighted by Gasteiger charge is 2.42. The van der Waals surface area contributed by atoms with Gasteiger partial charge in [0.05, 0.1) is 13.0 Å². The molecule has 4 rings (SSSR count). The Morgan fingerprint density at radius 1 is 1.50 bits per heavy atom. The molecule has 2 aromatic rings. The maximum absolute atomic E-state index is 12.1. The number of thiophene rings is 1. The van der Waals surface area contributed by atoms with Crippen LogP contribution in [0.1, 0.15) is 29.4 Å². The summed E-state index contributed by atoms with van der Waals surface area (Å²) in [6.45, 7) is 1.44. The monoisotopic (exact) mass is 340 g/mol. The largest absolute Gasteiger partial charge is 0.339 e. The van der Waals surface area contributed by atoms with Gasteiger partial charge in [-0.2, -0.15) is 4.98 Å². The molecule has 0 saturated carbocycles. The van der Waals surface area contributed by atoms with E-state index in [4.69, 9.17) is 4.52 Å². The molecule has 0 aromatic carbocycles. The molecular formula is C14H17ClN4O2S. The fourth-order valence-electron chi connectivity index (χ4n) is 3.17. The van der Waals surface area contributed by atoms with Crippen LogP contribution in [0.3, 0.4) is 0 Å². The molecule has 0 bridgehead atoms. The number of hydrogen-bond donors (Lipinski definition) is 1. The lowest BCUT2D eigenvalue weighted by Crippen LogP contribution is -2.35. The molecule has 0 radical (unpaired) electrons. The maximum Gasteiger partial charge on any atom is 0.231 e. The summed E-state index contributed by atoms with van der Waals surface area (Å²) in [4.78, 5) is 19.6. The molecule has 1 N–H and O–H groups in total. The fraction of sp³-hybridized carbons (Fsp3) is 0.500. The van der Waals surface area contributed by atoms with E-state index in [1.165, 1.54) is 4.88 Å². The Kier molecular flexibility index (Phi) is 4.46. The third-order valence-corrected chi connectivity index (χ3v) is 5.03. The minimum Gasteiger partial charge on any atom is -0.339 e. The minimum atomic E-state index is 0. The van der Waals surface area contributed by atoms with E-state index in [-0.39, 0.29) is 24.4 Å². The minimum absolute atomic E-state index is 0. The average molecular weight is 341 g/mol. The van der Waals surface area contributed by atoms with Gasteiger partial charge in [0, 0.05) is 23.4 Å². The molecule has 2 aromatic heterocycles. The zero-order chi connectivity index (χ0) is 14.2. The first kappa shape index (κ1) is 15.5. The highest BCUT2D eigenvalue weighted by Crippen LogP contribution is 2.27. The summed E-state index contributed by atoms with van der Waals surface area (Å²) in [6.07, 6.45) is 2.26. The molecule has 8 heteroatoms. The lowest BCUT2D eigenvalue weighted by atomic mass is 10.1. The molecule has 118 valence electrons. The molecule has 2 aliphatic rings. The topological polar surface area (TPSA) is 71.3 Å². The van der Waals surface area contributed by atoms with Gasteiger partial charge in [-0.25, -0.2) is 0 Å². The summed E-state index contributed by atoms with van der Waals surface area (Å²) in [5.74, 6) is 1.39. The summed E-state index contributed by atoms with van der Waals surface area (Å²) in [7, 11) is 0. The van der Waals surface area contributed by atoms with Crippen molar-refractivity contribution in [3.63, 3.8) is 0 Å². The van der Waals surface area contributed by atoms with Crippen molar-refractivity contribution in [2.45, 2.75) is 37.9 Å². The van der Waals surface area contributed by atoms with Gasteiger partial charge in [0.1, 0.15) is 0 Å². The van der Waals surface area contributed by atoms with Crippen molar-refractivity contribution in [1.29, 1.82) is 0 Å². The van der Waals surface area contributed by atoms with E-state index in [2.05, 4.69) is 15.5 Å². The lowest BCUT2D eigenvalue weighted by molar-refractivity contribution is -0.129. The number of halogens is 1. The van der Waals surface area contributed by atoms with E-state index < -0.39 is 0 Å². The molecular weight excluding hydrogens is 324 g/mol. The molecule has 2 saturated heterocycles. The second-order valence-corrected chi connectivity index (χ2v) is 6.54. The predicted molar refractivity (Wildman–Crippen MR) is 84.0 cm³/mol. The smallest absolute Gasteiger partial charge is 0.231 e. The Bertz CT molecular complexity index is 645. The van der Waals surface area contributed by atoms with Crippen LogP contribution >= 0.6 is 23.7 Å². The Balaban J connectivity index is 0.00000144. The van der Waals surface area contributed by atoms with Gasteiger partial charge in [0.2, 0.25) is 11.8 Å². The standard InChI is InChI=1S/C14H16N4O2S.ClH/c19-14-7-10-11(3-4-15-10)18(14)8-12-16-13(20-17-12)6-9-2-1-5-21-9;/h1-2,5,10-11,15H,3-4,6-8H2;1H/t10-,11-;/m1./s1. The van der Waals surface area contributed by atoms with Crippen LogP contribution in [0, 0.1) is 0 Å². The van der Waals surface area contributed by atoms with E-state index in [1.807, 2.05) is 22.4 Å². The van der Waals surface area contributed by atoms with Crippen LogP contribution in [0.4, 0.5) is 0 Å². The van der Waals surface area contributed by atoms with Crippen molar-refractivity contribution in [2.75, 3.05) is 6.54 Å². The molecule has 22 heavy (non-hydrogen) atoms. The number of likely N-dealkylation sites (tertiary alicyclic amines) is 1. The van der Waals surface area contributed by atoms with Crippen molar-refractivity contribution in [2.24, 2.45) is 0 Å².